The number of nitrogens with zero attached hydrogens (tertiary/aromatic N) is 2. The lowest BCUT2D eigenvalue weighted by Gasteiger charge is -2.04. The van der Waals surface area contributed by atoms with Crippen molar-refractivity contribution in [2.75, 3.05) is 7.11 Å². The van der Waals surface area contributed by atoms with Crippen LogP contribution in [0, 0.1) is 18.3 Å². The molecule has 0 radical (unpaired) electrons. The van der Waals surface area contributed by atoms with Crippen LogP contribution in [-0.2, 0) is 0 Å². The third-order valence-corrected chi connectivity index (χ3v) is 3.27. The highest BCUT2D eigenvalue weighted by Crippen LogP contribution is 2.28. The van der Waals surface area contributed by atoms with Crippen LogP contribution in [0.25, 0.3) is 0 Å². The van der Waals surface area contributed by atoms with Crippen molar-refractivity contribution in [1.82, 2.24) is 4.98 Å². The maximum absolute atomic E-state index is 8.92. The molecule has 3 nitrogen and oxygen atoms in total. The molecule has 0 bridgehead atoms. The van der Waals surface area contributed by atoms with E-state index in [0.717, 1.165) is 21.4 Å². The number of rotatable bonds is 3. The minimum absolute atomic E-state index is 0.638. The van der Waals surface area contributed by atoms with Crippen LogP contribution in [0.3, 0.4) is 0 Å². The third kappa shape index (κ3) is 3.02. The summed E-state index contributed by atoms with van der Waals surface area (Å²) >= 11 is 1.53. The van der Waals surface area contributed by atoms with E-state index in [-0.39, 0.29) is 0 Å². The van der Waals surface area contributed by atoms with Crippen LogP contribution < -0.4 is 4.74 Å². The summed E-state index contributed by atoms with van der Waals surface area (Å²) in [5.74, 6) is 0.828. The van der Waals surface area contributed by atoms with Gasteiger partial charge >= 0.3 is 0 Å². The highest BCUT2D eigenvalue weighted by atomic mass is 32.2. The molecule has 4 heteroatoms. The van der Waals surface area contributed by atoms with Crippen molar-refractivity contribution in [3.63, 3.8) is 0 Å². The second-order valence-electron chi connectivity index (χ2n) is 3.72. The summed E-state index contributed by atoms with van der Waals surface area (Å²) < 4.78 is 5.11. The van der Waals surface area contributed by atoms with Gasteiger partial charge in [-0.25, -0.2) is 4.98 Å². The molecule has 1 heterocycles. The van der Waals surface area contributed by atoms with E-state index in [1.165, 1.54) is 11.8 Å². The zero-order chi connectivity index (χ0) is 13.0. The fraction of sp³-hybridized carbons (Fsp3) is 0.143. The molecule has 0 aliphatic rings. The van der Waals surface area contributed by atoms with E-state index < -0.39 is 0 Å². The second-order valence-corrected chi connectivity index (χ2v) is 4.82. The Kier molecular flexibility index (Phi) is 3.85. The van der Waals surface area contributed by atoms with Gasteiger partial charge < -0.3 is 4.74 Å². The van der Waals surface area contributed by atoms with E-state index >= 15 is 0 Å². The Hall–Kier alpha value is -1.99. The molecule has 18 heavy (non-hydrogen) atoms. The lowest BCUT2D eigenvalue weighted by Crippen LogP contribution is -1.87. The zero-order valence-electron chi connectivity index (χ0n) is 10.2. The molecule has 0 aliphatic heterocycles. The summed E-state index contributed by atoms with van der Waals surface area (Å²) in [4.78, 5) is 5.47. The van der Waals surface area contributed by atoms with Crippen LogP contribution in [0.5, 0.6) is 5.75 Å². The number of pyridine rings is 1. The topological polar surface area (TPSA) is 45.9 Å². The quantitative estimate of drug-likeness (QED) is 0.844. The number of hydrogen-bond acceptors (Lipinski definition) is 4. The number of hydrogen-bond donors (Lipinski definition) is 0. The van der Waals surface area contributed by atoms with E-state index in [1.807, 2.05) is 31.2 Å². The Morgan fingerprint density at radius 2 is 1.94 bits per heavy atom. The monoisotopic (exact) mass is 256 g/mol. The summed E-state index contributed by atoms with van der Waals surface area (Å²) in [5.41, 5.74) is 1.49. The van der Waals surface area contributed by atoms with E-state index in [0.29, 0.717) is 5.56 Å². The molecule has 0 amide bonds. The molecule has 0 spiro atoms. The average molecular weight is 256 g/mol. The van der Waals surface area contributed by atoms with Gasteiger partial charge in [-0.3, -0.25) is 0 Å². The molecule has 2 rings (SSSR count). The summed E-state index contributed by atoms with van der Waals surface area (Å²) in [6, 6.07) is 13.5. The Balaban J connectivity index is 2.22. The van der Waals surface area contributed by atoms with Gasteiger partial charge in [0, 0.05) is 10.6 Å². The summed E-state index contributed by atoms with van der Waals surface area (Å²) in [6.45, 7) is 1.89. The summed E-state index contributed by atoms with van der Waals surface area (Å²) in [5, 5.41) is 9.75. The van der Waals surface area contributed by atoms with Gasteiger partial charge in [-0.15, -0.1) is 0 Å². The van der Waals surface area contributed by atoms with Crippen molar-refractivity contribution in [3.8, 4) is 11.8 Å². The van der Waals surface area contributed by atoms with Crippen molar-refractivity contribution in [3.05, 3.63) is 47.7 Å². The Morgan fingerprint density at radius 3 is 2.56 bits per heavy atom. The number of aryl methyl sites for hydroxylation is 1. The highest BCUT2D eigenvalue weighted by Gasteiger charge is 2.03. The van der Waals surface area contributed by atoms with Gasteiger partial charge in [0.05, 0.1) is 18.7 Å². The lowest BCUT2D eigenvalue weighted by molar-refractivity contribution is 0.414. The fourth-order valence-corrected chi connectivity index (χ4v) is 2.41. The predicted octanol–water partition coefficient (Wildman–Crippen LogP) is 3.42. The molecule has 0 unspecified atom stereocenters. The average Bonchev–Trinajstić information content (AvgIpc) is 2.39. The Labute approximate surface area is 110 Å². The molecule has 90 valence electrons. The van der Waals surface area contributed by atoms with E-state index in [1.54, 1.807) is 19.2 Å². The van der Waals surface area contributed by atoms with E-state index in [2.05, 4.69) is 11.1 Å². The maximum atomic E-state index is 8.92. The molecular weight excluding hydrogens is 244 g/mol. The van der Waals surface area contributed by atoms with Gasteiger partial charge in [-0.05, 0) is 43.3 Å². The minimum Gasteiger partial charge on any atom is -0.497 e. The largest absolute Gasteiger partial charge is 0.497 e. The minimum atomic E-state index is 0.638. The highest BCUT2D eigenvalue weighted by molar-refractivity contribution is 7.99. The first-order valence-corrected chi connectivity index (χ1v) is 6.23. The third-order valence-electron chi connectivity index (χ3n) is 2.34. The molecule has 0 aliphatic carbocycles. The number of aromatic nitrogens is 1. The molecule has 2 aromatic rings. The number of ether oxygens (including phenoxy) is 1. The van der Waals surface area contributed by atoms with Gasteiger partial charge in [-0.1, -0.05) is 11.8 Å². The standard InChI is InChI=1S/C14H12N2OS/c1-10-7-11(9-15)8-14(16-10)18-13-5-3-12(17-2)4-6-13/h3-8H,1-2H3. The van der Waals surface area contributed by atoms with Crippen molar-refractivity contribution in [2.24, 2.45) is 0 Å². The molecule has 0 N–H and O–H groups in total. The first-order chi connectivity index (χ1) is 8.71. The van der Waals surface area contributed by atoms with Crippen LogP contribution in [0.2, 0.25) is 0 Å². The molecule has 0 fully saturated rings. The van der Waals surface area contributed by atoms with Crippen molar-refractivity contribution < 1.29 is 4.74 Å². The fourth-order valence-electron chi connectivity index (χ4n) is 1.52. The summed E-state index contributed by atoms with van der Waals surface area (Å²) in [7, 11) is 1.64. The van der Waals surface area contributed by atoms with Crippen LogP contribution in [0.1, 0.15) is 11.3 Å². The molecule has 1 aromatic heterocycles. The zero-order valence-corrected chi connectivity index (χ0v) is 11.0. The van der Waals surface area contributed by atoms with Crippen molar-refractivity contribution in [1.29, 1.82) is 5.26 Å². The Bertz CT molecular complexity index is 588. The molecular formula is C14H12N2OS. The van der Waals surface area contributed by atoms with Crippen LogP contribution in [0.4, 0.5) is 0 Å². The normalized spacial score (nSPS) is 9.83. The first-order valence-electron chi connectivity index (χ1n) is 5.42. The van der Waals surface area contributed by atoms with Gasteiger partial charge in [0.25, 0.3) is 0 Å². The molecule has 0 atom stereocenters. The van der Waals surface area contributed by atoms with Gasteiger partial charge in [0.1, 0.15) is 10.8 Å². The van der Waals surface area contributed by atoms with Gasteiger partial charge in [0.2, 0.25) is 0 Å². The molecule has 0 saturated heterocycles. The molecule has 1 aromatic carbocycles. The van der Waals surface area contributed by atoms with Gasteiger partial charge in [-0.2, -0.15) is 5.26 Å². The number of methoxy groups -OCH3 is 1. The van der Waals surface area contributed by atoms with Gasteiger partial charge in [0.15, 0.2) is 0 Å². The number of benzene rings is 1. The molecule has 0 saturated carbocycles. The smallest absolute Gasteiger partial charge is 0.118 e. The Morgan fingerprint density at radius 1 is 1.22 bits per heavy atom. The van der Waals surface area contributed by atoms with E-state index in [4.69, 9.17) is 10.00 Å². The predicted molar refractivity (Wildman–Crippen MR) is 70.8 cm³/mol. The van der Waals surface area contributed by atoms with Crippen LogP contribution in [-0.4, -0.2) is 12.1 Å². The lowest BCUT2D eigenvalue weighted by atomic mass is 10.2. The van der Waals surface area contributed by atoms with Crippen molar-refractivity contribution in [2.45, 2.75) is 16.8 Å². The summed E-state index contributed by atoms with van der Waals surface area (Å²) in [6.07, 6.45) is 0. The SMILES string of the molecule is COc1ccc(Sc2cc(C#N)cc(C)n2)cc1. The number of nitriles is 1. The van der Waals surface area contributed by atoms with Crippen LogP contribution in [0.15, 0.2) is 46.3 Å². The first kappa shape index (κ1) is 12.5. The van der Waals surface area contributed by atoms with Crippen molar-refractivity contribution >= 4 is 11.8 Å². The van der Waals surface area contributed by atoms with E-state index in [9.17, 15) is 0 Å². The van der Waals surface area contributed by atoms with Crippen LogP contribution >= 0.6 is 11.8 Å². The maximum Gasteiger partial charge on any atom is 0.118 e. The second kappa shape index (κ2) is 5.56.